The molecule has 1 saturated heterocycles. The van der Waals surface area contributed by atoms with Gasteiger partial charge in [0.15, 0.2) is 0 Å². The minimum Gasteiger partial charge on any atom is -0.374 e. The molecule has 0 aliphatic carbocycles. The van der Waals surface area contributed by atoms with Crippen molar-refractivity contribution in [2.45, 2.75) is 39.3 Å². The maximum atomic E-state index is 3.53. The molecule has 0 bridgehead atoms. The second kappa shape index (κ2) is 7.81. The SMILES string of the molecule is CC(C)NCc1ccccc1N(C)CC1CCN(C)CC1. The summed E-state index contributed by atoms with van der Waals surface area (Å²) in [7, 11) is 4.47. The summed E-state index contributed by atoms with van der Waals surface area (Å²) >= 11 is 0. The van der Waals surface area contributed by atoms with Gasteiger partial charge in [-0.3, -0.25) is 0 Å². The van der Waals surface area contributed by atoms with E-state index in [-0.39, 0.29) is 0 Å². The third-order valence-electron chi connectivity index (χ3n) is 4.47. The first-order valence-electron chi connectivity index (χ1n) is 8.27. The topological polar surface area (TPSA) is 18.5 Å². The number of rotatable bonds is 6. The van der Waals surface area contributed by atoms with Crippen LogP contribution >= 0.6 is 0 Å². The lowest BCUT2D eigenvalue weighted by atomic mass is 9.96. The van der Waals surface area contributed by atoms with Gasteiger partial charge in [0.2, 0.25) is 0 Å². The van der Waals surface area contributed by atoms with Crippen molar-refractivity contribution in [2.24, 2.45) is 5.92 Å². The Morgan fingerprint density at radius 2 is 1.90 bits per heavy atom. The van der Waals surface area contributed by atoms with Crippen molar-refractivity contribution in [1.29, 1.82) is 0 Å². The summed E-state index contributed by atoms with van der Waals surface area (Å²) in [6.07, 6.45) is 2.65. The summed E-state index contributed by atoms with van der Waals surface area (Å²) in [5.74, 6) is 0.831. The van der Waals surface area contributed by atoms with Crippen LogP contribution in [0.25, 0.3) is 0 Å². The number of anilines is 1. The van der Waals surface area contributed by atoms with Gasteiger partial charge in [-0.05, 0) is 50.5 Å². The van der Waals surface area contributed by atoms with Crippen molar-refractivity contribution >= 4 is 5.69 Å². The minimum atomic E-state index is 0.525. The van der Waals surface area contributed by atoms with Crippen molar-refractivity contribution in [3.05, 3.63) is 29.8 Å². The van der Waals surface area contributed by atoms with Crippen LogP contribution in [0.1, 0.15) is 32.3 Å². The van der Waals surface area contributed by atoms with E-state index >= 15 is 0 Å². The maximum absolute atomic E-state index is 3.53. The zero-order chi connectivity index (χ0) is 15.2. The number of hydrogen-bond acceptors (Lipinski definition) is 3. The highest BCUT2D eigenvalue weighted by Crippen LogP contribution is 2.23. The number of benzene rings is 1. The molecule has 0 unspecified atom stereocenters. The van der Waals surface area contributed by atoms with E-state index in [1.54, 1.807) is 0 Å². The molecular weight excluding hydrogens is 258 g/mol. The number of nitrogens with one attached hydrogen (secondary N) is 1. The fraction of sp³-hybridized carbons (Fsp3) is 0.667. The Bertz CT molecular complexity index is 422. The lowest BCUT2D eigenvalue weighted by Gasteiger charge is -2.33. The number of hydrogen-bond donors (Lipinski definition) is 1. The van der Waals surface area contributed by atoms with E-state index in [2.05, 4.69) is 67.3 Å². The standard InChI is InChI=1S/C18H31N3/c1-15(2)19-13-17-7-5-6-8-18(17)21(4)14-16-9-11-20(3)12-10-16/h5-8,15-16,19H,9-14H2,1-4H3. The third kappa shape index (κ3) is 5.01. The summed E-state index contributed by atoms with van der Waals surface area (Å²) in [6, 6.07) is 9.32. The minimum absolute atomic E-state index is 0.525. The molecule has 0 atom stereocenters. The van der Waals surface area contributed by atoms with Crippen LogP contribution in [0.5, 0.6) is 0 Å². The molecule has 1 aromatic carbocycles. The average molecular weight is 289 g/mol. The molecule has 1 N–H and O–H groups in total. The highest BCUT2D eigenvalue weighted by atomic mass is 15.1. The summed E-state index contributed by atoms with van der Waals surface area (Å²) in [6.45, 7) is 9.01. The molecule has 118 valence electrons. The van der Waals surface area contributed by atoms with E-state index in [0.717, 1.165) is 12.5 Å². The van der Waals surface area contributed by atoms with E-state index in [0.29, 0.717) is 6.04 Å². The van der Waals surface area contributed by atoms with Gasteiger partial charge < -0.3 is 15.1 Å². The van der Waals surface area contributed by atoms with Gasteiger partial charge in [0.05, 0.1) is 0 Å². The quantitative estimate of drug-likeness (QED) is 0.868. The lowest BCUT2D eigenvalue weighted by molar-refractivity contribution is 0.222. The summed E-state index contributed by atoms with van der Waals surface area (Å²) in [5, 5.41) is 3.53. The second-order valence-corrected chi connectivity index (χ2v) is 6.79. The fourth-order valence-corrected chi connectivity index (χ4v) is 3.08. The van der Waals surface area contributed by atoms with Crippen molar-refractivity contribution in [2.75, 3.05) is 38.6 Å². The number of likely N-dealkylation sites (tertiary alicyclic amines) is 1. The first kappa shape index (κ1) is 16.3. The summed E-state index contributed by atoms with van der Waals surface area (Å²) in [5.41, 5.74) is 2.78. The van der Waals surface area contributed by atoms with Gasteiger partial charge in [-0.15, -0.1) is 0 Å². The first-order chi connectivity index (χ1) is 10.1. The molecule has 0 aromatic heterocycles. The Morgan fingerprint density at radius 1 is 1.24 bits per heavy atom. The smallest absolute Gasteiger partial charge is 0.0409 e. The van der Waals surface area contributed by atoms with E-state index in [1.807, 2.05) is 0 Å². The van der Waals surface area contributed by atoms with Gasteiger partial charge in [0, 0.05) is 31.9 Å². The number of piperidine rings is 1. The Hall–Kier alpha value is -1.06. The molecule has 0 saturated carbocycles. The maximum Gasteiger partial charge on any atom is 0.0409 e. The summed E-state index contributed by atoms with van der Waals surface area (Å²) < 4.78 is 0. The van der Waals surface area contributed by atoms with Crippen molar-refractivity contribution in [3.8, 4) is 0 Å². The van der Waals surface area contributed by atoms with Gasteiger partial charge in [0.25, 0.3) is 0 Å². The van der Waals surface area contributed by atoms with Gasteiger partial charge in [0.1, 0.15) is 0 Å². The van der Waals surface area contributed by atoms with Crippen LogP contribution in [0.2, 0.25) is 0 Å². The molecule has 1 aromatic rings. The Morgan fingerprint density at radius 3 is 2.57 bits per heavy atom. The zero-order valence-electron chi connectivity index (χ0n) is 14.1. The van der Waals surface area contributed by atoms with E-state index < -0.39 is 0 Å². The average Bonchev–Trinajstić information content (AvgIpc) is 2.47. The predicted molar refractivity (Wildman–Crippen MR) is 91.9 cm³/mol. The van der Waals surface area contributed by atoms with Crippen molar-refractivity contribution in [3.63, 3.8) is 0 Å². The molecule has 0 amide bonds. The highest BCUT2D eigenvalue weighted by Gasteiger charge is 2.19. The van der Waals surface area contributed by atoms with Gasteiger partial charge in [-0.25, -0.2) is 0 Å². The molecule has 3 heteroatoms. The highest BCUT2D eigenvalue weighted by molar-refractivity contribution is 5.53. The van der Waals surface area contributed by atoms with Crippen LogP contribution in [0.4, 0.5) is 5.69 Å². The van der Waals surface area contributed by atoms with Crippen LogP contribution in [0, 0.1) is 5.92 Å². The molecule has 1 fully saturated rings. The lowest BCUT2D eigenvalue weighted by Crippen LogP contribution is -2.36. The second-order valence-electron chi connectivity index (χ2n) is 6.79. The molecule has 1 aliphatic rings. The number of para-hydroxylation sites is 1. The van der Waals surface area contributed by atoms with Crippen LogP contribution in [0.3, 0.4) is 0 Å². The Balaban J connectivity index is 1.96. The van der Waals surface area contributed by atoms with E-state index in [9.17, 15) is 0 Å². The monoisotopic (exact) mass is 289 g/mol. The van der Waals surface area contributed by atoms with E-state index in [4.69, 9.17) is 0 Å². The largest absolute Gasteiger partial charge is 0.374 e. The molecule has 1 aliphatic heterocycles. The molecule has 0 spiro atoms. The van der Waals surface area contributed by atoms with E-state index in [1.165, 1.54) is 43.7 Å². The van der Waals surface area contributed by atoms with Crippen molar-refractivity contribution < 1.29 is 0 Å². The molecule has 1 heterocycles. The molecule has 21 heavy (non-hydrogen) atoms. The molecule has 3 nitrogen and oxygen atoms in total. The van der Waals surface area contributed by atoms with Gasteiger partial charge >= 0.3 is 0 Å². The van der Waals surface area contributed by atoms with Crippen LogP contribution in [-0.2, 0) is 6.54 Å². The van der Waals surface area contributed by atoms with Crippen LogP contribution < -0.4 is 10.2 Å². The fourth-order valence-electron chi connectivity index (χ4n) is 3.08. The van der Waals surface area contributed by atoms with Crippen LogP contribution in [0.15, 0.2) is 24.3 Å². The van der Waals surface area contributed by atoms with Crippen molar-refractivity contribution in [1.82, 2.24) is 10.2 Å². The predicted octanol–water partition coefficient (Wildman–Crippen LogP) is 2.96. The Labute approximate surface area is 130 Å². The molecule has 2 rings (SSSR count). The number of nitrogens with zero attached hydrogens (tertiary/aromatic N) is 2. The van der Waals surface area contributed by atoms with Gasteiger partial charge in [-0.1, -0.05) is 32.0 Å². The molecular formula is C18H31N3. The van der Waals surface area contributed by atoms with Crippen LogP contribution in [-0.4, -0.2) is 44.7 Å². The van der Waals surface area contributed by atoms with Gasteiger partial charge in [-0.2, -0.15) is 0 Å². The third-order valence-corrected chi connectivity index (χ3v) is 4.47. The molecule has 0 radical (unpaired) electrons. The Kier molecular flexibility index (Phi) is 6.07. The zero-order valence-corrected chi connectivity index (χ0v) is 14.1. The normalized spacial score (nSPS) is 17.4. The summed E-state index contributed by atoms with van der Waals surface area (Å²) in [4.78, 5) is 4.89. The first-order valence-corrected chi connectivity index (χ1v) is 8.27.